The van der Waals surface area contributed by atoms with Gasteiger partial charge in [0.1, 0.15) is 0 Å². The molecule has 1 N–H and O–H groups in total. The molecule has 1 amide bonds. The van der Waals surface area contributed by atoms with Crippen LogP contribution in [-0.2, 0) is 0 Å². The van der Waals surface area contributed by atoms with E-state index in [2.05, 4.69) is 25.4 Å². The number of hydrogen-bond acceptors (Lipinski definition) is 4. The maximum atomic E-state index is 13.0. The molecule has 7 nitrogen and oxygen atoms in total. The van der Waals surface area contributed by atoms with Crippen LogP contribution in [0.4, 0.5) is 5.69 Å². The Hall–Kier alpha value is -3.74. The number of aromatic nitrogens is 5. The minimum Gasteiger partial charge on any atom is -0.322 e. The number of carbonyl (C=O) groups excluding carboxylic acids is 1. The maximum absolute atomic E-state index is 13.0. The molecule has 4 rings (SSSR count). The predicted octanol–water partition coefficient (Wildman–Crippen LogP) is 3.94. The van der Waals surface area contributed by atoms with E-state index in [1.165, 1.54) is 0 Å². The number of tetrazole rings is 1. The summed E-state index contributed by atoms with van der Waals surface area (Å²) in [6.07, 6.45) is 0. The lowest BCUT2D eigenvalue weighted by atomic mass is 10.1. The SMILES string of the molecule is Cc1ccc(NC(=O)c2cc(C)n(-c3ccccc3)c2C)cc1-n1nnnc1C. The fraction of sp³-hybridized carbons (Fsp3) is 0.182. The van der Waals surface area contributed by atoms with Gasteiger partial charge in [-0.3, -0.25) is 4.79 Å². The molecule has 0 spiro atoms. The Bertz CT molecular complexity index is 1190. The topological polar surface area (TPSA) is 77.6 Å². The second-order valence-corrected chi connectivity index (χ2v) is 7.05. The first-order valence-electron chi connectivity index (χ1n) is 9.37. The molecule has 0 aliphatic heterocycles. The molecule has 0 bridgehead atoms. The Morgan fingerprint density at radius 3 is 2.41 bits per heavy atom. The third kappa shape index (κ3) is 3.42. The lowest BCUT2D eigenvalue weighted by Gasteiger charge is -2.11. The first-order chi connectivity index (χ1) is 14.0. The van der Waals surface area contributed by atoms with Crippen LogP contribution < -0.4 is 5.32 Å². The van der Waals surface area contributed by atoms with Crippen LogP contribution in [0.3, 0.4) is 0 Å². The van der Waals surface area contributed by atoms with Crippen LogP contribution in [0.1, 0.15) is 33.1 Å². The van der Waals surface area contributed by atoms with Crippen molar-refractivity contribution >= 4 is 11.6 Å². The summed E-state index contributed by atoms with van der Waals surface area (Å²) in [5, 5.41) is 14.7. The van der Waals surface area contributed by atoms with Crippen molar-refractivity contribution in [3.05, 3.63) is 82.9 Å². The molecule has 0 atom stereocenters. The van der Waals surface area contributed by atoms with E-state index in [0.29, 0.717) is 17.1 Å². The van der Waals surface area contributed by atoms with Gasteiger partial charge in [-0.1, -0.05) is 24.3 Å². The Kier molecular flexibility index (Phi) is 4.72. The molecule has 0 saturated carbocycles. The smallest absolute Gasteiger partial charge is 0.257 e. The molecular weight excluding hydrogens is 364 g/mol. The zero-order chi connectivity index (χ0) is 20.5. The summed E-state index contributed by atoms with van der Waals surface area (Å²) >= 11 is 0. The van der Waals surface area contributed by atoms with E-state index < -0.39 is 0 Å². The molecule has 0 aliphatic carbocycles. The molecule has 0 saturated heterocycles. The van der Waals surface area contributed by atoms with Crippen molar-refractivity contribution in [2.24, 2.45) is 0 Å². The third-order valence-corrected chi connectivity index (χ3v) is 5.01. The maximum Gasteiger partial charge on any atom is 0.257 e. The third-order valence-electron chi connectivity index (χ3n) is 5.01. The highest BCUT2D eigenvalue weighted by Gasteiger charge is 2.17. The zero-order valence-corrected chi connectivity index (χ0v) is 16.8. The summed E-state index contributed by atoms with van der Waals surface area (Å²) in [5.41, 5.74) is 6.12. The Morgan fingerprint density at radius 2 is 1.72 bits per heavy atom. The molecule has 2 aromatic heterocycles. The molecule has 0 radical (unpaired) electrons. The molecule has 7 heteroatoms. The number of para-hydroxylation sites is 1. The molecule has 0 fully saturated rings. The van der Waals surface area contributed by atoms with Crippen LogP contribution >= 0.6 is 0 Å². The number of nitrogens with zero attached hydrogens (tertiary/aromatic N) is 5. The van der Waals surface area contributed by atoms with Gasteiger partial charge in [-0.15, -0.1) is 5.10 Å². The van der Waals surface area contributed by atoms with Gasteiger partial charge in [0.2, 0.25) is 0 Å². The standard InChI is InChI=1S/C22H22N6O/c1-14-10-11-18(13-21(14)28-17(4)24-25-26-28)23-22(29)20-12-15(2)27(16(20)3)19-8-6-5-7-9-19/h5-13H,1-4H3,(H,23,29). The molecule has 2 heterocycles. The predicted molar refractivity (Wildman–Crippen MR) is 112 cm³/mol. The van der Waals surface area contributed by atoms with Gasteiger partial charge >= 0.3 is 0 Å². The van der Waals surface area contributed by atoms with Crippen molar-refractivity contribution in [2.45, 2.75) is 27.7 Å². The van der Waals surface area contributed by atoms with Crippen molar-refractivity contribution in [3.8, 4) is 11.4 Å². The van der Waals surface area contributed by atoms with Crippen molar-refractivity contribution in [2.75, 3.05) is 5.32 Å². The minimum absolute atomic E-state index is 0.150. The largest absolute Gasteiger partial charge is 0.322 e. The normalized spacial score (nSPS) is 10.9. The van der Waals surface area contributed by atoms with E-state index in [1.54, 1.807) is 4.68 Å². The fourth-order valence-corrected chi connectivity index (χ4v) is 3.54. The lowest BCUT2D eigenvalue weighted by Crippen LogP contribution is -2.14. The Labute approximate surface area is 169 Å². The summed E-state index contributed by atoms with van der Waals surface area (Å²) in [7, 11) is 0. The van der Waals surface area contributed by atoms with Crippen LogP contribution in [0.15, 0.2) is 54.6 Å². The number of hydrogen-bond donors (Lipinski definition) is 1. The monoisotopic (exact) mass is 386 g/mol. The first kappa shape index (κ1) is 18.6. The average Bonchev–Trinajstić information content (AvgIpc) is 3.26. The van der Waals surface area contributed by atoms with Gasteiger partial charge in [-0.25, -0.2) is 0 Å². The lowest BCUT2D eigenvalue weighted by molar-refractivity contribution is 0.102. The summed E-state index contributed by atoms with van der Waals surface area (Å²) in [4.78, 5) is 13.0. The minimum atomic E-state index is -0.150. The van der Waals surface area contributed by atoms with Crippen molar-refractivity contribution in [1.29, 1.82) is 0 Å². The van der Waals surface area contributed by atoms with Crippen LogP contribution in [-0.4, -0.2) is 30.7 Å². The van der Waals surface area contributed by atoms with Crippen molar-refractivity contribution in [3.63, 3.8) is 0 Å². The summed E-state index contributed by atoms with van der Waals surface area (Å²) in [6, 6.07) is 17.6. The van der Waals surface area contributed by atoms with Crippen LogP contribution in [0.5, 0.6) is 0 Å². The second-order valence-electron chi connectivity index (χ2n) is 7.05. The molecular formula is C22H22N6O. The average molecular weight is 386 g/mol. The van der Waals surface area contributed by atoms with E-state index in [-0.39, 0.29) is 5.91 Å². The Morgan fingerprint density at radius 1 is 0.966 bits per heavy atom. The molecule has 0 aliphatic rings. The van der Waals surface area contributed by atoms with E-state index in [4.69, 9.17) is 0 Å². The summed E-state index contributed by atoms with van der Waals surface area (Å²) in [5.74, 6) is 0.534. The number of nitrogens with one attached hydrogen (secondary N) is 1. The van der Waals surface area contributed by atoms with Crippen LogP contribution in [0, 0.1) is 27.7 Å². The number of anilines is 1. The van der Waals surface area contributed by atoms with Crippen LogP contribution in [0.2, 0.25) is 0 Å². The van der Waals surface area contributed by atoms with E-state index in [9.17, 15) is 4.79 Å². The van der Waals surface area contributed by atoms with Crippen LogP contribution in [0.25, 0.3) is 11.4 Å². The van der Waals surface area contributed by atoms with Gasteiger partial charge in [0, 0.05) is 22.8 Å². The zero-order valence-electron chi connectivity index (χ0n) is 16.8. The van der Waals surface area contributed by atoms with Crippen molar-refractivity contribution in [1.82, 2.24) is 24.8 Å². The fourth-order valence-electron chi connectivity index (χ4n) is 3.54. The highest BCUT2D eigenvalue weighted by molar-refractivity contribution is 6.05. The molecule has 29 heavy (non-hydrogen) atoms. The van der Waals surface area contributed by atoms with E-state index in [0.717, 1.165) is 28.3 Å². The van der Waals surface area contributed by atoms with Crippen molar-refractivity contribution < 1.29 is 4.79 Å². The number of amides is 1. The van der Waals surface area contributed by atoms with Gasteiger partial charge in [0.05, 0.1) is 11.3 Å². The van der Waals surface area contributed by atoms with Gasteiger partial charge < -0.3 is 9.88 Å². The van der Waals surface area contributed by atoms with Gasteiger partial charge in [-0.2, -0.15) is 4.68 Å². The highest BCUT2D eigenvalue weighted by Crippen LogP contribution is 2.23. The van der Waals surface area contributed by atoms with E-state index in [1.807, 2.05) is 82.3 Å². The quantitative estimate of drug-likeness (QED) is 0.576. The first-order valence-corrected chi connectivity index (χ1v) is 9.37. The number of benzene rings is 2. The highest BCUT2D eigenvalue weighted by atomic mass is 16.1. The second kappa shape index (κ2) is 7.35. The number of rotatable bonds is 4. The van der Waals surface area contributed by atoms with Gasteiger partial charge in [0.25, 0.3) is 5.91 Å². The molecule has 2 aromatic carbocycles. The summed E-state index contributed by atoms with van der Waals surface area (Å²) < 4.78 is 3.74. The number of carbonyl (C=O) groups is 1. The van der Waals surface area contributed by atoms with Gasteiger partial charge in [-0.05, 0) is 74.0 Å². The summed E-state index contributed by atoms with van der Waals surface area (Å²) in [6.45, 7) is 7.78. The number of aryl methyl sites for hydroxylation is 3. The van der Waals surface area contributed by atoms with E-state index >= 15 is 0 Å². The molecule has 4 aromatic rings. The Balaban J connectivity index is 1.65. The van der Waals surface area contributed by atoms with Gasteiger partial charge in [0.15, 0.2) is 5.82 Å². The molecule has 0 unspecified atom stereocenters. The molecule has 146 valence electrons.